The zero-order chi connectivity index (χ0) is 22.5. The maximum atomic E-state index is 12.9. The van der Waals surface area contributed by atoms with Gasteiger partial charge in [0.05, 0.1) is 22.2 Å². The van der Waals surface area contributed by atoms with Crippen LogP contribution in [0.2, 0.25) is 10.0 Å². The van der Waals surface area contributed by atoms with Crippen molar-refractivity contribution in [2.75, 3.05) is 13.2 Å². The Kier molecular flexibility index (Phi) is 5.44. The number of carbonyl (C=O) groups is 1. The lowest BCUT2D eigenvalue weighted by Gasteiger charge is -2.51. The van der Waals surface area contributed by atoms with Crippen LogP contribution in [0.3, 0.4) is 0 Å². The van der Waals surface area contributed by atoms with Crippen molar-refractivity contribution in [1.29, 1.82) is 0 Å². The molecule has 4 aliphatic rings. The second kappa shape index (κ2) is 8.47. The summed E-state index contributed by atoms with van der Waals surface area (Å²) in [6.07, 6.45) is 5.84. The number of nitrogens with zero attached hydrogens (tertiary/aromatic N) is 1. The summed E-state index contributed by atoms with van der Waals surface area (Å²) in [6, 6.07) is 20.8. The van der Waals surface area contributed by atoms with Gasteiger partial charge in [-0.1, -0.05) is 71.2 Å². The van der Waals surface area contributed by atoms with Gasteiger partial charge in [0.15, 0.2) is 0 Å². The Morgan fingerprint density at radius 1 is 1.00 bits per heavy atom. The van der Waals surface area contributed by atoms with Crippen molar-refractivity contribution in [3.63, 3.8) is 0 Å². The molecule has 0 amide bonds. The number of ether oxygens (including phenoxy) is 1. The fourth-order valence-corrected chi connectivity index (χ4v) is 6.49. The third kappa shape index (κ3) is 3.86. The van der Waals surface area contributed by atoms with Crippen molar-refractivity contribution in [2.45, 2.75) is 31.3 Å². The van der Waals surface area contributed by atoms with Gasteiger partial charge in [-0.05, 0) is 65.8 Å². The van der Waals surface area contributed by atoms with E-state index in [0.29, 0.717) is 46.1 Å². The Balaban J connectivity index is 1.22. The number of halogens is 2. The number of piperidine rings is 3. The van der Waals surface area contributed by atoms with E-state index in [1.54, 1.807) is 0 Å². The lowest BCUT2D eigenvalue weighted by Crippen LogP contribution is -2.57. The molecule has 4 aliphatic heterocycles. The molecule has 33 heavy (non-hydrogen) atoms. The smallest absolute Gasteiger partial charge is 0.338 e. The van der Waals surface area contributed by atoms with E-state index in [1.807, 2.05) is 54.6 Å². The highest BCUT2D eigenvalue weighted by Crippen LogP contribution is 2.50. The molecule has 0 aliphatic carbocycles. The fourth-order valence-electron chi connectivity index (χ4n) is 6.18. The Morgan fingerprint density at radius 3 is 2.70 bits per heavy atom. The summed E-state index contributed by atoms with van der Waals surface area (Å²) in [7, 11) is 0. The maximum absolute atomic E-state index is 12.9. The Labute approximate surface area is 203 Å². The summed E-state index contributed by atoms with van der Waals surface area (Å²) in [5.74, 6) is 0.532. The van der Waals surface area contributed by atoms with Crippen molar-refractivity contribution in [3.05, 3.63) is 87.4 Å². The Morgan fingerprint density at radius 2 is 1.85 bits per heavy atom. The first-order valence-electron chi connectivity index (χ1n) is 11.6. The number of hydrogen-bond donors (Lipinski definition) is 0. The normalized spacial score (nSPS) is 29.0. The summed E-state index contributed by atoms with van der Waals surface area (Å²) < 4.78 is 5.92. The van der Waals surface area contributed by atoms with Gasteiger partial charge in [0.2, 0.25) is 0 Å². The van der Waals surface area contributed by atoms with Gasteiger partial charge < -0.3 is 4.74 Å². The van der Waals surface area contributed by atoms with Crippen molar-refractivity contribution in [3.8, 4) is 0 Å². The summed E-state index contributed by atoms with van der Waals surface area (Å²) in [6.45, 7) is 1.46. The van der Waals surface area contributed by atoms with Crippen LogP contribution in [0.5, 0.6) is 0 Å². The number of hydrogen-bond acceptors (Lipinski definition) is 3. The standard InChI is InChI=1S/C28H25Cl2NO2/c29-25-9-5-17(12-26(25)30)11-21-15-31-22-8-10-27(31)24(23(21)14-22)16-33-28(32)20-7-6-18-3-1-2-4-19(18)13-20/h1-7,9,11-13,22-24,27H,8,10,14-16H2/b21-11+. The number of esters is 1. The molecule has 0 aromatic heterocycles. The number of benzene rings is 3. The molecule has 0 radical (unpaired) electrons. The van der Waals surface area contributed by atoms with E-state index in [-0.39, 0.29) is 5.97 Å². The molecule has 5 heteroatoms. The van der Waals surface area contributed by atoms with Crippen LogP contribution in [0.4, 0.5) is 0 Å². The van der Waals surface area contributed by atoms with Gasteiger partial charge in [0, 0.05) is 24.5 Å². The van der Waals surface area contributed by atoms with Crippen LogP contribution in [0, 0.1) is 11.8 Å². The fraction of sp³-hybridized carbons (Fsp3) is 0.321. The molecular weight excluding hydrogens is 453 g/mol. The van der Waals surface area contributed by atoms with Gasteiger partial charge in [0.1, 0.15) is 0 Å². The highest BCUT2D eigenvalue weighted by Gasteiger charge is 2.52. The molecule has 0 saturated carbocycles. The molecule has 0 N–H and O–H groups in total. The largest absolute Gasteiger partial charge is 0.462 e. The molecule has 5 atom stereocenters. The lowest BCUT2D eigenvalue weighted by atomic mass is 9.71. The molecule has 4 bridgehead atoms. The van der Waals surface area contributed by atoms with Gasteiger partial charge in [-0.2, -0.15) is 0 Å². The quantitative estimate of drug-likeness (QED) is 0.384. The summed E-state index contributed by atoms with van der Waals surface area (Å²) in [4.78, 5) is 15.5. The van der Waals surface area contributed by atoms with Crippen LogP contribution >= 0.6 is 23.2 Å². The van der Waals surface area contributed by atoms with Crippen LogP contribution < -0.4 is 0 Å². The van der Waals surface area contributed by atoms with E-state index in [1.165, 1.54) is 18.4 Å². The predicted octanol–water partition coefficient (Wildman–Crippen LogP) is 6.87. The molecule has 3 nitrogen and oxygen atoms in total. The van der Waals surface area contributed by atoms with Gasteiger partial charge in [0.25, 0.3) is 0 Å². The highest BCUT2D eigenvalue weighted by atomic mass is 35.5. The molecule has 168 valence electrons. The molecule has 7 rings (SSSR count). The molecule has 4 fully saturated rings. The third-order valence-corrected chi connectivity index (χ3v) is 8.50. The zero-order valence-electron chi connectivity index (χ0n) is 18.2. The number of fused-ring (bicyclic) bond motifs is 2. The van der Waals surface area contributed by atoms with Crippen LogP contribution in [0.15, 0.2) is 66.2 Å². The van der Waals surface area contributed by atoms with E-state index in [0.717, 1.165) is 29.3 Å². The van der Waals surface area contributed by atoms with E-state index in [9.17, 15) is 4.79 Å². The van der Waals surface area contributed by atoms with E-state index >= 15 is 0 Å². The molecule has 3 aromatic carbocycles. The van der Waals surface area contributed by atoms with E-state index < -0.39 is 0 Å². The lowest BCUT2D eigenvalue weighted by molar-refractivity contribution is -0.0150. The molecule has 4 heterocycles. The van der Waals surface area contributed by atoms with Crippen molar-refractivity contribution in [2.24, 2.45) is 11.8 Å². The average Bonchev–Trinajstić information content (AvgIpc) is 3.15. The van der Waals surface area contributed by atoms with Crippen molar-refractivity contribution >= 4 is 46.0 Å². The Bertz CT molecular complexity index is 1270. The van der Waals surface area contributed by atoms with E-state index in [4.69, 9.17) is 27.9 Å². The summed E-state index contributed by atoms with van der Waals surface area (Å²) in [5, 5.41) is 3.33. The third-order valence-electron chi connectivity index (χ3n) is 7.76. The topological polar surface area (TPSA) is 29.5 Å². The second-order valence-electron chi connectivity index (χ2n) is 9.53. The van der Waals surface area contributed by atoms with Gasteiger partial charge in [-0.25, -0.2) is 4.79 Å². The summed E-state index contributed by atoms with van der Waals surface area (Å²) >= 11 is 12.3. The predicted molar refractivity (Wildman–Crippen MR) is 134 cm³/mol. The highest BCUT2D eigenvalue weighted by molar-refractivity contribution is 6.42. The summed E-state index contributed by atoms with van der Waals surface area (Å²) in [5.41, 5.74) is 3.10. The van der Waals surface area contributed by atoms with Crippen LogP contribution in [0.25, 0.3) is 16.8 Å². The average molecular weight is 478 g/mol. The first-order valence-corrected chi connectivity index (χ1v) is 12.4. The Hall–Kier alpha value is -2.33. The molecule has 5 unspecified atom stereocenters. The van der Waals surface area contributed by atoms with Crippen LogP contribution in [0.1, 0.15) is 35.2 Å². The second-order valence-corrected chi connectivity index (χ2v) is 10.3. The minimum Gasteiger partial charge on any atom is -0.462 e. The van der Waals surface area contributed by atoms with Gasteiger partial charge in [-0.3, -0.25) is 4.90 Å². The van der Waals surface area contributed by atoms with E-state index in [2.05, 4.69) is 17.0 Å². The first kappa shape index (κ1) is 21.2. The molecular formula is C28H25Cl2NO2. The molecule has 4 saturated heterocycles. The maximum Gasteiger partial charge on any atom is 0.338 e. The zero-order valence-corrected chi connectivity index (χ0v) is 19.7. The monoisotopic (exact) mass is 477 g/mol. The molecule has 0 spiro atoms. The van der Waals surface area contributed by atoms with Crippen molar-refractivity contribution < 1.29 is 9.53 Å². The van der Waals surface area contributed by atoms with Crippen LogP contribution in [-0.4, -0.2) is 36.1 Å². The van der Waals surface area contributed by atoms with Crippen molar-refractivity contribution in [1.82, 2.24) is 4.90 Å². The minimum atomic E-state index is -0.234. The molecule has 3 aromatic rings. The van der Waals surface area contributed by atoms with Crippen LogP contribution in [-0.2, 0) is 4.74 Å². The number of carbonyl (C=O) groups excluding carboxylic acids is 1. The minimum absolute atomic E-state index is 0.234. The van der Waals surface area contributed by atoms with Gasteiger partial charge >= 0.3 is 5.97 Å². The SMILES string of the molecule is O=C(OCC1C2CC3CCC1N3C/C2=C\c1ccc(Cl)c(Cl)c1)c1ccc2ccccc2c1. The number of rotatable bonds is 4. The van der Waals surface area contributed by atoms with Gasteiger partial charge in [-0.15, -0.1) is 0 Å². The first-order chi connectivity index (χ1) is 16.1.